The van der Waals surface area contributed by atoms with E-state index in [4.69, 9.17) is 0 Å². The van der Waals surface area contributed by atoms with Gasteiger partial charge in [-0.05, 0) is 75.0 Å². The van der Waals surface area contributed by atoms with Gasteiger partial charge in [-0.1, -0.05) is 0 Å². The van der Waals surface area contributed by atoms with Gasteiger partial charge in [0, 0.05) is 18.3 Å². The smallest absolute Gasteiger partial charge is 0.251 e. The minimum absolute atomic E-state index is 0.00281. The van der Waals surface area contributed by atoms with E-state index >= 15 is 0 Å². The van der Waals surface area contributed by atoms with Gasteiger partial charge in [-0.2, -0.15) is 5.10 Å². The lowest BCUT2D eigenvalue weighted by molar-refractivity contribution is 0.0950. The van der Waals surface area contributed by atoms with Crippen molar-refractivity contribution in [1.82, 2.24) is 20.4 Å². The van der Waals surface area contributed by atoms with Crippen LogP contribution in [0.3, 0.4) is 0 Å². The zero-order chi connectivity index (χ0) is 16.1. The molecule has 0 bridgehead atoms. The van der Waals surface area contributed by atoms with Crippen molar-refractivity contribution in [3.63, 3.8) is 0 Å². The Balaban J connectivity index is 1.51. The Kier molecular flexibility index (Phi) is 5.08. The molecule has 5 heteroatoms. The van der Waals surface area contributed by atoms with E-state index in [-0.39, 0.29) is 5.91 Å². The zero-order valence-electron chi connectivity index (χ0n) is 13.6. The molecule has 1 unspecified atom stereocenters. The first-order valence-corrected chi connectivity index (χ1v) is 8.33. The molecule has 1 atom stereocenters. The third-order valence-corrected chi connectivity index (χ3v) is 4.34. The number of carbonyl (C=O) groups excluding carboxylic acids is 1. The Morgan fingerprint density at radius 3 is 2.87 bits per heavy atom. The summed E-state index contributed by atoms with van der Waals surface area (Å²) >= 11 is 0. The molecule has 1 saturated heterocycles. The number of aromatic nitrogens is 2. The highest BCUT2D eigenvalue weighted by Crippen LogP contribution is 2.13. The molecule has 1 aromatic carbocycles. The van der Waals surface area contributed by atoms with E-state index in [9.17, 15) is 4.79 Å². The summed E-state index contributed by atoms with van der Waals surface area (Å²) in [5, 5.41) is 10.7. The number of rotatable bonds is 5. The van der Waals surface area contributed by atoms with Gasteiger partial charge in [0.25, 0.3) is 5.91 Å². The van der Waals surface area contributed by atoms with E-state index in [0.717, 1.165) is 37.3 Å². The van der Waals surface area contributed by atoms with Crippen LogP contribution in [0.2, 0.25) is 0 Å². The van der Waals surface area contributed by atoms with Gasteiger partial charge in [-0.15, -0.1) is 0 Å². The van der Waals surface area contributed by atoms with Crippen LogP contribution in [0.4, 0.5) is 0 Å². The van der Waals surface area contributed by atoms with Crippen molar-refractivity contribution in [3.05, 3.63) is 47.8 Å². The lowest BCUT2D eigenvalue weighted by Crippen LogP contribution is -2.33. The van der Waals surface area contributed by atoms with Crippen molar-refractivity contribution in [3.8, 4) is 5.69 Å². The Labute approximate surface area is 137 Å². The fraction of sp³-hybridized carbons (Fsp3) is 0.444. The predicted molar refractivity (Wildman–Crippen MR) is 90.8 cm³/mol. The minimum atomic E-state index is -0.00281. The van der Waals surface area contributed by atoms with Crippen LogP contribution in [-0.4, -0.2) is 35.3 Å². The molecular formula is C18H24N4O. The molecule has 122 valence electrons. The summed E-state index contributed by atoms with van der Waals surface area (Å²) in [7, 11) is 0. The summed E-state index contributed by atoms with van der Waals surface area (Å²) in [6.45, 7) is 4.96. The van der Waals surface area contributed by atoms with Crippen molar-refractivity contribution in [2.24, 2.45) is 5.92 Å². The number of amides is 1. The van der Waals surface area contributed by atoms with Crippen LogP contribution in [0.15, 0.2) is 36.7 Å². The van der Waals surface area contributed by atoms with Crippen molar-refractivity contribution in [2.75, 3.05) is 19.6 Å². The maximum Gasteiger partial charge on any atom is 0.251 e. The van der Waals surface area contributed by atoms with Crippen LogP contribution in [0.5, 0.6) is 0 Å². The molecule has 1 amide bonds. The molecule has 2 N–H and O–H groups in total. The summed E-state index contributed by atoms with van der Waals surface area (Å²) in [6, 6.07) is 7.55. The Hall–Kier alpha value is -2.14. The third kappa shape index (κ3) is 4.20. The summed E-state index contributed by atoms with van der Waals surface area (Å²) in [4.78, 5) is 12.2. The molecule has 1 aliphatic rings. The maximum absolute atomic E-state index is 12.2. The third-order valence-electron chi connectivity index (χ3n) is 4.34. The van der Waals surface area contributed by atoms with Gasteiger partial charge < -0.3 is 10.6 Å². The first kappa shape index (κ1) is 15.7. The van der Waals surface area contributed by atoms with E-state index in [1.807, 2.05) is 48.3 Å². The lowest BCUT2D eigenvalue weighted by Gasteiger charge is -2.22. The average Bonchev–Trinajstić information content (AvgIpc) is 3.02. The van der Waals surface area contributed by atoms with Gasteiger partial charge in [0.15, 0.2) is 0 Å². The Bertz CT molecular complexity index is 641. The second-order valence-electron chi connectivity index (χ2n) is 6.27. The maximum atomic E-state index is 12.2. The molecule has 3 rings (SSSR count). The molecule has 0 saturated carbocycles. The summed E-state index contributed by atoms with van der Waals surface area (Å²) < 4.78 is 1.81. The molecule has 0 spiro atoms. The highest BCUT2D eigenvalue weighted by atomic mass is 16.1. The second kappa shape index (κ2) is 7.42. The molecule has 1 aromatic heterocycles. The van der Waals surface area contributed by atoms with Crippen LogP contribution in [0.1, 0.15) is 35.2 Å². The summed E-state index contributed by atoms with van der Waals surface area (Å²) in [5.74, 6) is 0.687. The van der Waals surface area contributed by atoms with Crippen LogP contribution in [-0.2, 0) is 0 Å². The fourth-order valence-electron chi connectivity index (χ4n) is 2.98. The SMILES string of the molecule is Cc1cnn(-c2ccc(C(=O)NCCC3CCCNC3)cc2)c1. The molecule has 0 aliphatic carbocycles. The van der Waals surface area contributed by atoms with Crippen LogP contribution < -0.4 is 10.6 Å². The number of carbonyl (C=O) groups is 1. The molecule has 2 aromatic rings. The summed E-state index contributed by atoms with van der Waals surface area (Å²) in [6.07, 6.45) is 7.34. The normalized spacial score (nSPS) is 17.9. The zero-order valence-corrected chi connectivity index (χ0v) is 13.6. The Morgan fingerprint density at radius 1 is 1.39 bits per heavy atom. The molecular weight excluding hydrogens is 288 g/mol. The number of nitrogens with one attached hydrogen (secondary N) is 2. The second-order valence-corrected chi connectivity index (χ2v) is 6.27. The molecule has 1 fully saturated rings. The number of benzene rings is 1. The largest absolute Gasteiger partial charge is 0.352 e. The number of piperidine rings is 1. The van der Waals surface area contributed by atoms with Crippen molar-refractivity contribution in [2.45, 2.75) is 26.2 Å². The molecule has 2 heterocycles. The van der Waals surface area contributed by atoms with Crippen LogP contribution in [0, 0.1) is 12.8 Å². The van der Waals surface area contributed by atoms with Gasteiger partial charge >= 0.3 is 0 Å². The van der Waals surface area contributed by atoms with Gasteiger partial charge in [-0.25, -0.2) is 4.68 Å². The van der Waals surface area contributed by atoms with Crippen LogP contribution >= 0.6 is 0 Å². The fourth-order valence-corrected chi connectivity index (χ4v) is 2.98. The Morgan fingerprint density at radius 2 is 2.22 bits per heavy atom. The number of nitrogens with zero attached hydrogens (tertiary/aromatic N) is 2. The van der Waals surface area contributed by atoms with E-state index < -0.39 is 0 Å². The van der Waals surface area contributed by atoms with Gasteiger partial charge in [-0.3, -0.25) is 4.79 Å². The molecule has 5 nitrogen and oxygen atoms in total. The predicted octanol–water partition coefficient (Wildman–Crippen LogP) is 2.30. The van der Waals surface area contributed by atoms with E-state index in [1.165, 1.54) is 12.8 Å². The number of hydrogen-bond donors (Lipinski definition) is 2. The van der Waals surface area contributed by atoms with Gasteiger partial charge in [0.1, 0.15) is 0 Å². The van der Waals surface area contributed by atoms with Crippen LogP contribution in [0.25, 0.3) is 5.69 Å². The molecule has 23 heavy (non-hydrogen) atoms. The van der Waals surface area contributed by atoms with Crippen molar-refractivity contribution >= 4 is 5.91 Å². The standard InChI is InChI=1S/C18H24N4O/c1-14-11-21-22(13-14)17-6-4-16(5-7-17)18(23)20-10-8-15-3-2-9-19-12-15/h4-7,11,13,15,19H,2-3,8-10,12H2,1H3,(H,20,23). The van der Waals surface area contributed by atoms with Gasteiger partial charge in [0.05, 0.1) is 11.9 Å². The first-order valence-electron chi connectivity index (χ1n) is 8.33. The molecule has 1 aliphatic heterocycles. The van der Waals surface area contributed by atoms with E-state index in [0.29, 0.717) is 11.5 Å². The highest BCUT2D eigenvalue weighted by Gasteiger charge is 2.13. The van der Waals surface area contributed by atoms with E-state index in [1.54, 1.807) is 0 Å². The quantitative estimate of drug-likeness (QED) is 0.890. The van der Waals surface area contributed by atoms with Crippen molar-refractivity contribution < 1.29 is 4.79 Å². The van der Waals surface area contributed by atoms with Gasteiger partial charge in [0.2, 0.25) is 0 Å². The number of hydrogen-bond acceptors (Lipinski definition) is 3. The monoisotopic (exact) mass is 312 g/mol. The number of aryl methyl sites for hydroxylation is 1. The first-order chi connectivity index (χ1) is 11.2. The van der Waals surface area contributed by atoms with E-state index in [2.05, 4.69) is 15.7 Å². The molecule has 0 radical (unpaired) electrons. The highest BCUT2D eigenvalue weighted by molar-refractivity contribution is 5.94. The average molecular weight is 312 g/mol. The summed E-state index contributed by atoms with van der Waals surface area (Å²) in [5.41, 5.74) is 2.77. The lowest BCUT2D eigenvalue weighted by atomic mass is 9.96. The minimum Gasteiger partial charge on any atom is -0.352 e. The topological polar surface area (TPSA) is 59.0 Å². The van der Waals surface area contributed by atoms with Crippen molar-refractivity contribution in [1.29, 1.82) is 0 Å².